The van der Waals surface area contributed by atoms with Crippen LogP contribution in [0.25, 0.3) is 0 Å². The molecule has 0 aliphatic carbocycles. The molecule has 0 bridgehead atoms. The molecule has 1 amide bonds. The molecule has 5 nitrogen and oxygen atoms in total. The van der Waals surface area contributed by atoms with Crippen LogP contribution in [0.15, 0.2) is 55.3 Å². The molecule has 2 aromatic rings. The number of para-hydroxylation sites is 1. The summed E-state index contributed by atoms with van der Waals surface area (Å²) in [7, 11) is 0. The number of benzene rings is 1. The molecule has 5 heteroatoms. The average molecular weight is 347 g/mol. The van der Waals surface area contributed by atoms with Crippen LogP contribution in [0.5, 0.6) is 5.75 Å². The lowest BCUT2D eigenvalue weighted by atomic mass is 9.92. The van der Waals surface area contributed by atoms with Crippen LogP contribution in [0.2, 0.25) is 0 Å². The van der Waals surface area contributed by atoms with Gasteiger partial charge in [0.2, 0.25) is 0 Å². The minimum Gasteiger partial charge on any atom is -0.489 e. The minimum atomic E-state index is -0.00380. The summed E-state index contributed by atoms with van der Waals surface area (Å²) in [5.74, 6) is 0.906. The quantitative estimate of drug-likeness (QED) is 0.776. The summed E-state index contributed by atoms with van der Waals surface area (Å²) >= 11 is 0. The van der Waals surface area contributed by atoms with E-state index in [-0.39, 0.29) is 5.91 Å². The summed E-state index contributed by atoms with van der Waals surface area (Å²) in [6, 6.07) is 13.1. The van der Waals surface area contributed by atoms with Crippen LogP contribution in [0.3, 0.4) is 0 Å². The summed E-state index contributed by atoms with van der Waals surface area (Å²) in [4.78, 5) is 19.1. The Morgan fingerprint density at radius 2 is 2.08 bits per heavy atom. The zero-order valence-corrected chi connectivity index (χ0v) is 14.6. The summed E-state index contributed by atoms with van der Waals surface area (Å²) < 4.78 is 5.61. The van der Waals surface area contributed by atoms with Crippen molar-refractivity contribution in [2.24, 2.45) is 0 Å². The molecule has 3 rings (SSSR count). The van der Waals surface area contributed by atoms with Crippen molar-refractivity contribution in [3.8, 4) is 11.8 Å². The van der Waals surface area contributed by atoms with E-state index in [1.54, 1.807) is 24.4 Å². The molecule has 0 spiro atoms. The van der Waals surface area contributed by atoms with Crippen LogP contribution >= 0.6 is 0 Å². The lowest BCUT2D eigenvalue weighted by Gasteiger charge is -2.32. The Morgan fingerprint density at radius 3 is 2.73 bits per heavy atom. The average Bonchev–Trinajstić information content (AvgIpc) is 2.72. The smallest absolute Gasteiger partial charge is 0.257 e. The first-order valence-corrected chi connectivity index (χ1v) is 8.71. The summed E-state index contributed by atoms with van der Waals surface area (Å²) in [6.45, 7) is 5.38. The van der Waals surface area contributed by atoms with E-state index in [0.717, 1.165) is 18.5 Å². The Labute approximate surface area is 153 Å². The highest BCUT2D eigenvalue weighted by Gasteiger charge is 2.26. The number of hydrogen-bond acceptors (Lipinski definition) is 4. The van der Waals surface area contributed by atoms with Crippen LogP contribution in [0.1, 0.15) is 40.4 Å². The van der Waals surface area contributed by atoms with Gasteiger partial charge in [-0.15, -0.1) is 0 Å². The van der Waals surface area contributed by atoms with Crippen molar-refractivity contribution in [2.75, 3.05) is 19.7 Å². The number of amides is 1. The maximum atomic E-state index is 12.9. The van der Waals surface area contributed by atoms with Crippen molar-refractivity contribution in [3.63, 3.8) is 0 Å². The molecule has 1 aromatic heterocycles. The van der Waals surface area contributed by atoms with Crippen molar-refractivity contribution in [2.45, 2.75) is 18.8 Å². The van der Waals surface area contributed by atoms with Crippen molar-refractivity contribution < 1.29 is 9.53 Å². The Hall–Kier alpha value is -3.13. The monoisotopic (exact) mass is 347 g/mol. The van der Waals surface area contributed by atoms with Crippen LogP contribution < -0.4 is 4.74 Å². The molecule has 132 valence electrons. The van der Waals surface area contributed by atoms with E-state index in [1.165, 1.54) is 0 Å². The minimum absolute atomic E-state index is 0.00380. The topological polar surface area (TPSA) is 66.2 Å². The van der Waals surface area contributed by atoms with Crippen LogP contribution in [0.4, 0.5) is 0 Å². The number of carbonyl (C=O) groups excluding carboxylic acids is 1. The molecule has 0 radical (unpaired) electrons. The standard InChI is InChI=1S/C21H21N3O2/c1-2-13-26-20-6-4-3-5-18(20)21(25)24-11-9-17(10-12-24)19-8-7-16(14-22)15-23-19/h2-8,15,17H,1,9-13H2. The first kappa shape index (κ1) is 17.7. The third kappa shape index (κ3) is 3.92. The number of rotatable bonds is 5. The van der Waals surface area contributed by atoms with E-state index in [2.05, 4.69) is 17.6 Å². The van der Waals surface area contributed by atoms with Gasteiger partial charge in [0.15, 0.2) is 0 Å². The maximum Gasteiger partial charge on any atom is 0.257 e. The highest BCUT2D eigenvalue weighted by Crippen LogP contribution is 2.29. The van der Waals surface area contributed by atoms with Gasteiger partial charge in [0.1, 0.15) is 18.4 Å². The van der Waals surface area contributed by atoms with Crippen molar-refractivity contribution in [1.82, 2.24) is 9.88 Å². The van der Waals surface area contributed by atoms with Crippen LogP contribution in [-0.2, 0) is 0 Å². The fraction of sp³-hybridized carbons (Fsp3) is 0.286. The molecule has 26 heavy (non-hydrogen) atoms. The molecule has 0 atom stereocenters. The van der Waals surface area contributed by atoms with Crippen LogP contribution in [-0.4, -0.2) is 35.5 Å². The van der Waals surface area contributed by atoms with Gasteiger partial charge < -0.3 is 9.64 Å². The van der Waals surface area contributed by atoms with Gasteiger partial charge in [-0.3, -0.25) is 9.78 Å². The summed E-state index contributed by atoms with van der Waals surface area (Å²) in [5.41, 5.74) is 2.15. The highest BCUT2D eigenvalue weighted by molar-refractivity contribution is 5.97. The number of nitrogens with zero attached hydrogens (tertiary/aromatic N) is 3. The second kappa shape index (κ2) is 8.30. The highest BCUT2D eigenvalue weighted by atomic mass is 16.5. The molecule has 1 aromatic carbocycles. The Kier molecular flexibility index (Phi) is 5.65. The van der Waals surface area contributed by atoms with Gasteiger partial charge in [-0.25, -0.2) is 0 Å². The van der Waals surface area contributed by atoms with E-state index in [9.17, 15) is 4.79 Å². The summed E-state index contributed by atoms with van der Waals surface area (Å²) in [5, 5.41) is 8.87. The molecule has 2 heterocycles. The SMILES string of the molecule is C=CCOc1ccccc1C(=O)N1CCC(c2ccc(C#N)cn2)CC1. The number of pyridine rings is 1. The van der Waals surface area contributed by atoms with E-state index < -0.39 is 0 Å². The Bertz CT molecular complexity index is 816. The summed E-state index contributed by atoms with van der Waals surface area (Å²) in [6.07, 6.45) is 5.00. The Morgan fingerprint density at radius 1 is 1.31 bits per heavy atom. The number of piperidine rings is 1. The molecule has 1 aliphatic heterocycles. The molecule has 1 fully saturated rings. The number of hydrogen-bond donors (Lipinski definition) is 0. The molecule has 0 unspecified atom stereocenters. The largest absolute Gasteiger partial charge is 0.489 e. The van der Waals surface area contributed by atoms with Gasteiger partial charge in [-0.05, 0) is 37.1 Å². The zero-order chi connectivity index (χ0) is 18.4. The van der Waals surface area contributed by atoms with Gasteiger partial charge >= 0.3 is 0 Å². The second-order valence-electron chi connectivity index (χ2n) is 6.25. The number of likely N-dealkylation sites (tertiary alicyclic amines) is 1. The fourth-order valence-corrected chi connectivity index (χ4v) is 3.18. The molecule has 1 aliphatic rings. The third-order valence-electron chi connectivity index (χ3n) is 4.59. The molecule has 1 saturated heterocycles. The van der Waals surface area contributed by atoms with Gasteiger partial charge in [-0.1, -0.05) is 24.8 Å². The van der Waals surface area contributed by atoms with Gasteiger partial charge in [0.25, 0.3) is 5.91 Å². The van der Waals surface area contributed by atoms with Gasteiger partial charge in [0.05, 0.1) is 11.1 Å². The van der Waals surface area contributed by atoms with Crippen molar-refractivity contribution in [3.05, 3.63) is 72.1 Å². The number of carbonyl (C=O) groups is 1. The van der Waals surface area contributed by atoms with Crippen molar-refractivity contribution >= 4 is 5.91 Å². The second-order valence-corrected chi connectivity index (χ2v) is 6.25. The number of nitriles is 1. The van der Waals surface area contributed by atoms with Crippen molar-refractivity contribution in [1.29, 1.82) is 5.26 Å². The zero-order valence-electron chi connectivity index (χ0n) is 14.6. The predicted octanol–water partition coefficient (Wildman–Crippen LogP) is 3.54. The van der Waals surface area contributed by atoms with E-state index >= 15 is 0 Å². The third-order valence-corrected chi connectivity index (χ3v) is 4.59. The molecule has 0 N–H and O–H groups in total. The van der Waals surface area contributed by atoms with E-state index in [0.29, 0.717) is 42.5 Å². The van der Waals surface area contributed by atoms with E-state index in [1.807, 2.05) is 29.2 Å². The van der Waals surface area contributed by atoms with Gasteiger partial charge in [0, 0.05) is 30.9 Å². The predicted molar refractivity (Wildman–Crippen MR) is 99.0 cm³/mol. The first-order valence-electron chi connectivity index (χ1n) is 8.71. The molecule has 0 saturated carbocycles. The van der Waals surface area contributed by atoms with Gasteiger partial charge in [-0.2, -0.15) is 5.26 Å². The normalized spacial score (nSPS) is 14.5. The van der Waals surface area contributed by atoms with Crippen LogP contribution in [0, 0.1) is 11.3 Å². The number of ether oxygens (including phenoxy) is 1. The molecular formula is C21H21N3O2. The first-order chi connectivity index (χ1) is 12.7. The Balaban J connectivity index is 1.65. The maximum absolute atomic E-state index is 12.9. The molecular weight excluding hydrogens is 326 g/mol. The number of aromatic nitrogens is 1. The lowest BCUT2D eigenvalue weighted by Crippen LogP contribution is -2.38. The fourth-order valence-electron chi connectivity index (χ4n) is 3.18. The lowest BCUT2D eigenvalue weighted by molar-refractivity contribution is 0.0708. The van der Waals surface area contributed by atoms with E-state index in [4.69, 9.17) is 10.00 Å².